The predicted molar refractivity (Wildman–Crippen MR) is 119 cm³/mol. The molecule has 0 aliphatic rings. The quantitative estimate of drug-likeness (QED) is 0.308. The zero-order valence-corrected chi connectivity index (χ0v) is 18.3. The Labute approximate surface area is 181 Å². The third kappa shape index (κ3) is 6.03. The van der Waals surface area contributed by atoms with E-state index in [2.05, 4.69) is 36.1 Å². The number of hydrogen-bond acceptors (Lipinski definition) is 3. The third-order valence-electron chi connectivity index (χ3n) is 4.70. The number of nitrogens with two attached hydrogens (primary N) is 1. The Kier molecular flexibility index (Phi) is 8.63. The van der Waals surface area contributed by atoms with Crippen LogP contribution in [0.3, 0.4) is 0 Å². The molecule has 0 aliphatic carbocycles. The predicted octanol–water partition coefficient (Wildman–Crippen LogP) is 3.93. The molecule has 0 saturated carbocycles. The van der Waals surface area contributed by atoms with Gasteiger partial charge in [0.1, 0.15) is 0 Å². The molecule has 4 nitrogen and oxygen atoms in total. The maximum atomic E-state index is 12.4. The van der Waals surface area contributed by atoms with E-state index in [9.17, 15) is 14.7 Å². The second-order valence-electron chi connectivity index (χ2n) is 6.87. The molecule has 0 heterocycles. The molecular formula is C24H26AsNO3. The number of ketones is 1. The summed E-state index contributed by atoms with van der Waals surface area (Å²) in [5.74, 6) is -0.825. The van der Waals surface area contributed by atoms with Gasteiger partial charge in [0.2, 0.25) is 0 Å². The maximum absolute atomic E-state index is 12.4. The van der Waals surface area contributed by atoms with Crippen molar-refractivity contribution in [3.8, 4) is 11.1 Å². The number of benzene rings is 2. The van der Waals surface area contributed by atoms with Gasteiger partial charge in [0.05, 0.1) is 0 Å². The SMILES string of the molecule is C=CCc1ccc(CC([As])C(=O)O)c(-c2ccc(C(=O)CCN)c(CC=C)c2)c1. The summed E-state index contributed by atoms with van der Waals surface area (Å²) in [5, 5.41) is 9.32. The van der Waals surface area contributed by atoms with Gasteiger partial charge in [0.15, 0.2) is 0 Å². The van der Waals surface area contributed by atoms with Crippen LogP contribution in [0.4, 0.5) is 0 Å². The molecule has 0 aromatic heterocycles. The second kappa shape index (κ2) is 10.9. The molecule has 1 atom stereocenters. The van der Waals surface area contributed by atoms with E-state index < -0.39 is 10.7 Å². The van der Waals surface area contributed by atoms with Crippen LogP contribution in [0.2, 0.25) is 4.71 Å². The third-order valence-corrected chi connectivity index (χ3v) is 5.55. The number of carbonyl (C=O) groups excluding carboxylic acids is 1. The molecule has 0 bridgehead atoms. The Hall–Kier alpha value is -2.42. The van der Waals surface area contributed by atoms with Gasteiger partial charge in [-0.15, -0.1) is 0 Å². The van der Waals surface area contributed by atoms with Crippen LogP contribution in [-0.4, -0.2) is 40.3 Å². The summed E-state index contributed by atoms with van der Waals surface area (Å²) in [6.45, 7) is 7.92. The van der Waals surface area contributed by atoms with Crippen molar-refractivity contribution in [2.45, 2.75) is 30.4 Å². The Morgan fingerprint density at radius 1 is 1.07 bits per heavy atom. The van der Waals surface area contributed by atoms with Gasteiger partial charge in [0, 0.05) is 0 Å². The fourth-order valence-corrected chi connectivity index (χ4v) is 3.70. The fourth-order valence-electron chi connectivity index (χ4n) is 3.28. The van der Waals surface area contributed by atoms with E-state index >= 15 is 0 Å². The zero-order chi connectivity index (χ0) is 21.4. The van der Waals surface area contributed by atoms with Crippen molar-refractivity contribution in [1.82, 2.24) is 0 Å². The average molecular weight is 451 g/mol. The van der Waals surface area contributed by atoms with Crippen molar-refractivity contribution in [1.29, 1.82) is 0 Å². The topological polar surface area (TPSA) is 80.4 Å². The number of carboxylic acid groups (broad SMARTS) is 1. The van der Waals surface area contributed by atoms with Gasteiger partial charge in [-0.2, -0.15) is 0 Å². The summed E-state index contributed by atoms with van der Waals surface area (Å²) in [6, 6.07) is 11.8. The summed E-state index contributed by atoms with van der Waals surface area (Å²) in [6.07, 6.45) is 5.62. The van der Waals surface area contributed by atoms with Crippen LogP contribution in [0.5, 0.6) is 0 Å². The van der Waals surface area contributed by atoms with Gasteiger partial charge in [-0.05, 0) is 0 Å². The van der Waals surface area contributed by atoms with Crippen molar-refractivity contribution >= 4 is 28.6 Å². The average Bonchev–Trinajstić information content (AvgIpc) is 2.69. The van der Waals surface area contributed by atoms with Crippen LogP contribution in [0.15, 0.2) is 61.7 Å². The number of Topliss-reactive ketones (excluding diaryl/α,β-unsaturated/α-hetero) is 1. The molecule has 0 saturated heterocycles. The Bertz CT molecular complexity index is 920. The Balaban J connectivity index is 2.57. The van der Waals surface area contributed by atoms with E-state index in [-0.39, 0.29) is 5.78 Å². The molecule has 3 N–H and O–H groups in total. The molecule has 0 aliphatic heterocycles. The molecule has 0 fully saturated rings. The molecule has 2 rings (SSSR count). The van der Waals surface area contributed by atoms with Crippen molar-refractivity contribution in [3.63, 3.8) is 0 Å². The molecule has 1 unspecified atom stereocenters. The monoisotopic (exact) mass is 451 g/mol. The van der Waals surface area contributed by atoms with Crippen LogP contribution in [0.25, 0.3) is 11.1 Å². The number of aliphatic carboxylic acids is 1. The van der Waals surface area contributed by atoms with Crippen molar-refractivity contribution in [3.05, 3.63) is 84.0 Å². The van der Waals surface area contributed by atoms with Gasteiger partial charge in [-0.3, -0.25) is 0 Å². The first-order chi connectivity index (χ1) is 13.9. The minimum atomic E-state index is -0.846. The van der Waals surface area contributed by atoms with E-state index in [4.69, 9.17) is 5.73 Å². The van der Waals surface area contributed by atoms with Gasteiger partial charge in [-0.25, -0.2) is 0 Å². The van der Waals surface area contributed by atoms with Crippen LogP contribution < -0.4 is 5.73 Å². The van der Waals surface area contributed by atoms with E-state index in [1.807, 2.05) is 36.4 Å². The molecule has 0 spiro atoms. The molecule has 2 aromatic carbocycles. The minimum absolute atomic E-state index is 0.0216. The van der Waals surface area contributed by atoms with E-state index in [0.717, 1.165) is 34.2 Å². The summed E-state index contributed by atoms with van der Waals surface area (Å²) < 4.78 is -0.551. The Morgan fingerprint density at radius 3 is 2.41 bits per heavy atom. The van der Waals surface area contributed by atoms with Crippen LogP contribution in [0, 0.1) is 0 Å². The number of hydrogen-bond donors (Lipinski definition) is 2. The number of allylic oxidation sites excluding steroid dienone is 2. The summed E-state index contributed by atoms with van der Waals surface area (Å²) in [5.41, 5.74) is 11.1. The number of rotatable bonds is 11. The first kappa shape index (κ1) is 22.9. The van der Waals surface area contributed by atoms with E-state index in [0.29, 0.717) is 31.4 Å². The van der Waals surface area contributed by atoms with E-state index in [1.54, 1.807) is 6.08 Å². The fraction of sp³-hybridized carbons (Fsp3) is 0.250. The van der Waals surface area contributed by atoms with Crippen LogP contribution in [0.1, 0.15) is 33.5 Å². The molecule has 2 aromatic rings. The molecule has 2 radical (unpaired) electrons. The molecule has 150 valence electrons. The Morgan fingerprint density at radius 2 is 1.79 bits per heavy atom. The number of carboxylic acids is 1. The molecular weight excluding hydrogens is 425 g/mol. The van der Waals surface area contributed by atoms with Gasteiger partial charge >= 0.3 is 181 Å². The van der Waals surface area contributed by atoms with Gasteiger partial charge in [0.25, 0.3) is 0 Å². The van der Waals surface area contributed by atoms with Gasteiger partial charge < -0.3 is 0 Å². The summed E-state index contributed by atoms with van der Waals surface area (Å²) >= 11 is 2.22. The zero-order valence-electron chi connectivity index (χ0n) is 16.4. The second-order valence-corrected chi connectivity index (χ2v) is 8.18. The number of carbonyl (C=O) groups is 2. The normalized spacial score (nSPS) is 11.7. The molecule has 5 heteroatoms. The van der Waals surface area contributed by atoms with Gasteiger partial charge in [-0.1, -0.05) is 0 Å². The van der Waals surface area contributed by atoms with Crippen molar-refractivity contribution in [2.24, 2.45) is 5.73 Å². The molecule has 29 heavy (non-hydrogen) atoms. The van der Waals surface area contributed by atoms with E-state index in [1.165, 1.54) is 0 Å². The summed E-state index contributed by atoms with van der Waals surface area (Å²) in [4.78, 5) is 23.8. The van der Waals surface area contributed by atoms with Crippen LogP contribution >= 0.6 is 0 Å². The standard InChI is InChI=1S/C24H26AsNO3/c1-3-5-16-7-8-19(15-22(25)24(28)29)21(13-16)18-9-10-20(23(27)11-12-26)17(14-18)6-4-2/h3-4,7-10,13-14,22H,1-2,5-6,11-12,15,26H2,(H,28,29). The molecule has 0 amide bonds. The first-order valence-corrected chi connectivity index (χ1v) is 10.6. The van der Waals surface area contributed by atoms with Crippen molar-refractivity contribution in [2.75, 3.05) is 6.54 Å². The first-order valence-electron chi connectivity index (χ1n) is 9.52. The van der Waals surface area contributed by atoms with Crippen LogP contribution in [-0.2, 0) is 24.1 Å². The summed E-state index contributed by atoms with van der Waals surface area (Å²) in [7, 11) is 0. The van der Waals surface area contributed by atoms with Crippen molar-refractivity contribution < 1.29 is 14.7 Å².